The second kappa shape index (κ2) is 5.60. The largest absolute Gasteiger partial charge is 0.506 e. The third kappa shape index (κ3) is 2.12. The Labute approximate surface area is 147 Å². The minimum atomic E-state index is -1.01. The molecule has 120 valence electrons. The lowest BCUT2D eigenvalue weighted by Crippen LogP contribution is -2.39. The Kier molecular flexibility index (Phi) is 4.19. The smallest absolute Gasteiger partial charge is 0.195 e. The van der Waals surface area contributed by atoms with Crippen LogP contribution >= 0.6 is 31.9 Å². The highest BCUT2D eigenvalue weighted by molar-refractivity contribution is 9.11. The van der Waals surface area contributed by atoms with Crippen molar-refractivity contribution in [2.45, 2.75) is 45.6 Å². The van der Waals surface area contributed by atoms with Crippen LogP contribution in [0.3, 0.4) is 0 Å². The average molecular weight is 432 g/mol. The van der Waals surface area contributed by atoms with Crippen molar-refractivity contribution in [2.75, 3.05) is 0 Å². The van der Waals surface area contributed by atoms with Gasteiger partial charge in [0.15, 0.2) is 5.78 Å². The van der Waals surface area contributed by atoms with Crippen LogP contribution in [0.2, 0.25) is 0 Å². The molecule has 4 atom stereocenters. The molecule has 0 bridgehead atoms. The maximum absolute atomic E-state index is 12.6. The molecule has 0 aliphatic heterocycles. The third-order valence-electron chi connectivity index (χ3n) is 5.48. The van der Waals surface area contributed by atoms with Crippen LogP contribution in [0.15, 0.2) is 8.95 Å². The van der Waals surface area contributed by atoms with E-state index < -0.39 is 6.10 Å². The van der Waals surface area contributed by atoms with Gasteiger partial charge >= 0.3 is 0 Å². The van der Waals surface area contributed by atoms with E-state index in [0.717, 1.165) is 28.4 Å². The fourth-order valence-corrected chi connectivity index (χ4v) is 5.64. The summed E-state index contributed by atoms with van der Waals surface area (Å²) >= 11 is 7.00. The summed E-state index contributed by atoms with van der Waals surface area (Å²) in [7, 11) is 0. The molecular formula is C17H20Br2O3. The topological polar surface area (TPSA) is 57.5 Å². The van der Waals surface area contributed by atoms with Gasteiger partial charge in [0.2, 0.25) is 0 Å². The molecule has 2 aliphatic rings. The monoisotopic (exact) mass is 430 g/mol. The van der Waals surface area contributed by atoms with Crippen LogP contribution in [0.25, 0.3) is 0 Å². The SMILES string of the molecule is Cc1c(Br)c(O)c2c(c1Br)[C@@H]1[C@@H](CC[C@@H]1C(C)C)[C@H](O)C2=O. The zero-order chi connectivity index (χ0) is 16.3. The molecule has 1 aromatic rings. The lowest BCUT2D eigenvalue weighted by atomic mass is 9.69. The van der Waals surface area contributed by atoms with Crippen LogP contribution in [-0.4, -0.2) is 22.1 Å². The summed E-state index contributed by atoms with van der Waals surface area (Å²) in [6, 6.07) is 0. The normalized spacial score (nSPS) is 30.6. The number of carbonyl (C=O) groups excluding carboxylic acids is 1. The summed E-state index contributed by atoms with van der Waals surface area (Å²) in [6.07, 6.45) is 0.870. The van der Waals surface area contributed by atoms with Crippen molar-refractivity contribution in [3.8, 4) is 5.75 Å². The van der Waals surface area contributed by atoms with Crippen LogP contribution in [0.1, 0.15) is 54.1 Å². The summed E-state index contributed by atoms with van der Waals surface area (Å²) in [5.74, 6) is 0.592. The lowest BCUT2D eigenvalue weighted by molar-refractivity contribution is 0.0518. The van der Waals surface area contributed by atoms with Crippen LogP contribution in [0.5, 0.6) is 5.75 Å². The quantitative estimate of drug-likeness (QED) is 0.685. The van der Waals surface area contributed by atoms with Crippen molar-refractivity contribution in [1.82, 2.24) is 0 Å². The van der Waals surface area contributed by atoms with Crippen molar-refractivity contribution in [2.24, 2.45) is 17.8 Å². The molecule has 2 N–H and O–H groups in total. The molecule has 0 amide bonds. The number of aromatic hydroxyl groups is 1. The number of aliphatic hydroxyl groups is 1. The van der Waals surface area contributed by atoms with Gasteiger partial charge in [-0.05, 0) is 70.5 Å². The maximum atomic E-state index is 12.6. The second-order valence-electron chi connectivity index (χ2n) is 6.87. The van der Waals surface area contributed by atoms with E-state index >= 15 is 0 Å². The van der Waals surface area contributed by atoms with E-state index in [4.69, 9.17) is 0 Å². The molecule has 3 rings (SSSR count). The first-order chi connectivity index (χ1) is 10.3. The molecule has 22 heavy (non-hydrogen) atoms. The molecule has 0 spiro atoms. The highest BCUT2D eigenvalue weighted by Gasteiger charge is 2.51. The predicted octanol–water partition coefficient (Wildman–Crippen LogP) is 4.55. The van der Waals surface area contributed by atoms with Crippen LogP contribution in [0, 0.1) is 24.7 Å². The van der Waals surface area contributed by atoms with E-state index in [1.165, 1.54) is 0 Å². The molecule has 5 heteroatoms. The van der Waals surface area contributed by atoms with E-state index in [1.54, 1.807) is 0 Å². The van der Waals surface area contributed by atoms with Gasteiger partial charge in [-0.3, -0.25) is 4.79 Å². The summed E-state index contributed by atoms with van der Waals surface area (Å²) in [6.45, 7) is 6.29. The standard InChI is InChI=1S/C17H20Br2O3/c1-6(2)8-4-5-9-10(8)11-12(17(22)15(9)20)16(21)14(19)7(3)13(11)18/h6,8-10,15,20-21H,4-5H2,1-3H3/t8-,9-,10+,15+/m1/s1. The first kappa shape index (κ1) is 16.5. The Bertz CT molecular complexity index is 654. The highest BCUT2D eigenvalue weighted by atomic mass is 79.9. The van der Waals surface area contributed by atoms with E-state index in [1.807, 2.05) is 6.92 Å². The van der Waals surface area contributed by atoms with Crippen molar-refractivity contribution in [3.63, 3.8) is 0 Å². The van der Waals surface area contributed by atoms with Gasteiger partial charge in [-0.2, -0.15) is 0 Å². The predicted molar refractivity (Wildman–Crippen MR) is 92.4 cm³/mol. The number of benzene rings is 1. The van der Waals surface area contributed by atoms with Crippen LogP contribution in [0.4, 0.5) is 0 Å². The molecule has 0 aromatic heterocycles. The molecule has 0 heterocycles. The number of halogens is 2. The minimum absolute atomic E-state index is 0.0346. The summed E-state index contributed by atoms with van der Waals surface area (Å²) in [5.41, 5.74) is 2.09. The van der Waals surface area contributed by atoms with Crippen molar-refractivity contribution >= 4 is 37.6 Å². The number of Topliss-reactive ketones (excluding diaryl/α,β-unsaturated/α-hetero) is 1. The van der Waals surface area contributed by atoms with Gasteiger partial charge in [0.25, 0.3) is 0 Å². The number of carbonyl (C=O) groups is 1. The van der Waals surface area contributed by atoms with Crippen molar-refractivity contribution in [1.29, 1.82) is 0 Å². The minimum Gasteiger partial charge on any atom is -0.506 e. The van der Waals surface area contributed by atoms with Crippen LogP contribution in [-0.2, 0) is 0 Å². The zero-order valence-corrected chi connectivity index (χ0v) is 16.0. The summed E-state index contributed by atoms with van der Waals surface area (Å²) in [5, 5.41) is 21.0. The van der Waals surface area contributed by atoms with E-state index in [-0.39, 0.29) is 23.4 Å². The Morgan fingerprint density at radius 3 is 2.41 bits per heavy atom. The van der Waals surface area contributed by atoms with E-state index in [0.29, 0.717) is 21.9 Å². The van der Waals surface area contributed by atoms with Gasteiger partial charge in [0.1, 0.15) is 11.9 Å². The molecule has 1 aromatic carbocycles. The maximum Gasteiger partial charge on any atom is 0.195 e. The summed E-state index contributed by atoms with van der Waals surface area (Å²) in [4.78, 5) is 12.6. The first-order valence-electron chi connectivity index (χ1n) is 7.70. The summed E-state index contributed by atoms with van der Waals surface area (Å²) < 4.78 is 1.41. The second-order valence-corrected chi connectivity index (χ2v) is 8.46. The number of rotatable bonds is 1. The Morgan fingerprint density at radius 1 is 1.18 bits per heavy atom. The molecule has 1 saturated carbocycles. The molecule has 2 aliphatic carbocycles. The molecule has 0 saturated heterocycles. The first-order valence-corrected chi connectivity index (χ1v) is 9.28. The van der Waals surface area contributed by atoms with Gasteiger partial charge in [0, 0.05) is 4.47 Å². The van der Waals surface area contributed by atoms with Gasteiger partial charge in [-0.25, -0.2) is 0 Å². The molecule has 1 fully saturated rings. The van der Waals surface area contributed by atoms with Crippen LogP contribution < -0.4 is 0 Å². The Hall–Kier alpha value is -0.390. The fourth-order valence-electron chi connectivity index (χ4n) is 4.32. The number of aliphatic hydroxyl groups excluding tert-OH is 1. The molecular weight excluding hydrogens is 412 g/mol. The van der Waals surface area contributed by atoms with E-state index in [9.17, 15) is 15.0 Å². The van der Waals surface area contributed by atoms with Gasteiger partial charge in [-0.15, -0.1) is 0 Å². The number of phenolic OH excluding ortho intramolecular Hbond substituents is 1. The number of fused-ring (bicyclic) bond motifs is 3. The number of hydrogen-bond acceptors (Lipinski definition) is 3. The highest BCUT2D eigenvalue weighted by Crippen LogP contribution is 2.57. The Balaban J connectivity index is 2.31. The number of phenols is 1. The Morgan fingerprint density at radius 2 is 1.82 bits per heavy atom. The fraction of sp³-hybridized carbons (Fsp3) is 0.588. The molecule has 3 nitrogen and oxygen atoms in total. The number of ketones is 1. The lowest BCUT2D eigenvalue weighted by Gasteiger charge is -2.37. The third-order valence-corrected chi connectivity index (χ3v) is 7.47. The zero-order valence-electron chi connectivity index (χ0n) is 12.9. The number of hydrogen-bond donors (Lipinski definition) is 2. The van der Waals surface area contributed by atoms with Crippen molar-refractivity contribution in [3.05, 3.63) is 25.6 Å². The van der Waals surface area contributed by atoms with Gasteiger partial charge in [0.05, 0.1) is 10.0 Å². The van der Waals surface area contributed by atoms with E-state index in [2.05, 4.69) is 45.7 Å². The van der Waals surface area contributed by atoms with Gasteiger partial charge in [-0.1, -0.05) is 29.8 Å². The van der Waals surface area contributed by atoms with Gasteiger partial charge < -0.3 is 10.2 Å². The molecule has 0 radical (unpaired) electrons. The molecule has 0 unspecified atom stereocenters. The average Bonchev–Trinajstić information content (AvgIpc) is 2.91. The van der Waals surface area contributed by atoms with Crippen molar-refractivity contribution < 1.29 is 15.0 Å².